The topological polar surface area (TPSA) is 47.7 Å². The van der Waals surface area contributed by atoms with Crippen LogP contribution in [0.1, 0.15) is 6.92 Å². The third kappa shape index (κ3) is 2.46. The van der Waals surface area contributed by atoms with E-state index in [4.69, 9.17) is 15.2 Å². The fraction of sp³-hybridized carbons (Fsp3) is 0.538. The molecule has 1 atom stereocenters. The third-order valence-electron chi connectivity index (χ3n) is 3.21. The number of nitrogen functional groups attached to an aromatic ring is 1. The summed E-state index contributed by atoms with van der Waals surface area (Å²) in [4.78, 5) is 2.34. The van der Waals surface area contributed by atoms with E-state index in [2.05, 4.69) is 11.8 Å². The molecule has 1 aromatic rings. The van der Waals surface area contributed by atoms with Crippen molar-refractivity contribution in [1.82, 2.24) is 0 Å². The Bertz CT molecular complexity index is 426. The summed E-state index contributed by atoms with van der Waals surface area (Å²) < 4.78 is 10.6. The highest BCUT2D eigenvalue weighted by Gasteiger charge is 2.22. The van der Waals surface area contributed by atoms with Crippen LogP contribution in [0.3, 0.4) is 0 Å². The lowest BCUT2D eigenvalue weighted by molar-refractivity contribution is 0.355. The minimum Gasteiger partial charge on any atom is -0.493 e. The van der Waals surface area contributed by atoms with Gasteiger partial charge in [-0.05, 0) is 6.92 Å². The Morgan fingerprint density at radius 3 is 2.56 bits per heavy atom. The average molecular weight is 268 g/mol. The number of hydrogen-bond acceptors (Lipinski definition) is 5. The van der Waals surface area contributed by atoms with Crippen molar-refractivity contribution < 1.29 is 9.47 Å². The maximum absolute atomic E-state index is 6.13. The van der Waals surface area contributed by atoms with Crippen LogP contribution in [0.15, 0.2) is 12.1 Å². The molecule has 2 rings (SSSR count). The third-order valence-corrected chi connectivity index (χ3v) is 4.40. The number of nitrogens with two attached hydrogens (primary N) is 1. The number of benzene rings is 1. The van der Waals surface area contributed by atoms with E-state index in [1.807, 2.05) is 23.9 Å². The van der Waals surface area contributed by atoms with Crippen LogP contribution in [0.4, 0.5) is 11.4 Å². The molecule has 18 heavy (non-hydrogen) atoms. The lowest BCUT2D eigenvalue weighted by atomic mass is 10.2. The van der Waals surface area contributed by atoms with Crippen LogP contribution in [-0.4, -0.2) is 38.3 Å². The van der Waals surface area contributed by atoms with E-state index in [0.717, 1.165) is 35.2 Å². The number of nitrogens with zero attached hydrogens (tertiary/aromatic N) is 1. The van der Waals surface area contributed by atoms with E-state index in [9.17, 15) is 0 Å². The molecule has 0 radical (unpaired) electrons. The Morgan fingerprint density at radius 2 is 1.94 bits per heavy atom. The predicted octanol–water partition coefficient (Wildman–Crippen LogP) is 2.23. The second kappa shape index (κ2) is 5.61. The van der Waals surface area contributed by atoms with E-state index in [-0.39, 0.29) is 0 Å². The molecule has 1 aliphatic heterocycles. The summed E-state index contributed by atoms with van der Waals surface area (Å²) in [6, 6.07) is 4.30. The Kier molecular flexibility index (Phi) is 4.11. The molecule has 0 spiro atoms. The van der Waals surface area contributed by atoms with Crippen molar-refractivity contribution in [3.8, 4) is 11.5 Å². The molecule has 1 aliphatic rings. The van der Waals surface area contributed by atoms with Gasteiger partial charge in [-0.1, -0.05) is 0 Å². The minimum absolute atomic E-state index is 0.490. The van der Waals surface area contributed by atoms with Gasteiger partial charge in [0.25, 0.3) is 0 Å². The molecule has 0 amide bonds. The van der Waals surface area contributed by atoms with Gasteiger partial charge in [-0.25, -0.2) is 0 Å². The van der Waals surface area contributed by atoms with Gasteiger partial charge in [-0.3, -0.25) is 0 Å². The molecule has 0 bridgehead atoms. The molecule has 0 aromatic heterocycles. The first-order chi connectivity index (χ1) is 8.67. The zero-order valence-electron chi connectivity index (χ0n) is 11.1. The molecule has 1 saturated heterocycles. The molecular formula is C13H20N2O2S. The molecule has 2 N–H and O–H groups in total. The van der Waals surface area contributed by atoms with E-state index in [0.29, 0.717) is 11.8 Å². The summed E-state index contributed by atoms with van der Waals surface area (Å²) in [5, 5.41) is 0. The molecule has 1 unspecified atom stereocenters. The number of rotatable bonds is 3. The second-order valence-corrected chi connectivity index (χ2v) is 5.53. The van der Waals surface area contributed by atoms with Crippen molar-refractivity contribution in [2.45, 2.75) is 13.0 Å². The van der Waals surface area contributed by atoms with Crippen LogP contribution in [0.5, 0.6) is 11.5 Å². The smallest absolute Gasteiger partial charge is 0.162 e. The quantitative estimate of drug-likeness (QED) is 0.852. The maximum atomic E-state index is 6.13. The number of anilines is 2. The fourth-order valence-corrected chi connectivity index (χ4v) is 3.23. The molecule has 0 saturated carbocycles. The summed E-state index contributed by atoms with van der Waals surface area (Å²) in [6.07, 6.45) is 0. The van der Waals surface area contributed by atoms with Crippen molar-refractivity contribution in [3.05, 3.63) is 12.1 Å². The van der Waals surface area contributed by atoms with E-state index >= 15 is 0 Å². The summed E-state index contributed by atoms with van der Waals surface area (Å²) >= 11 is 1.99. The highest BCUT2D eigenvalue weighted by molar-refractivity contribution is 7.99. The molecule has 100 valence electrons. The minimum atomic E-state index is 0.490. The largest absolute Gasteiger partial charge is 0.493 e. The number of thioether (sulfide) groups is 1. The molecule has 4 nitrogen and oxygen atoms in total. The van der Waals surface area contributed by atoms with Crippen LogP contribution in [0, 0.1) is 0 Å². The zero-order chi connectivity index (χ0) is 13.1. The van der Waals surface area contributed by atoms with E-state index < -0.39 is 0 Å². The SMILES string of the molecule is COc1cc(N)c(N2CCSCC2C)cc1OC. The first-order valence-electron chi connectivity index (χ1n) is 6.03. The first-order valence-corrected chi connectivity index (χ1v) is 7.18. The number of ether oxygens (including phenoxy) is 2. The lowest BCUT2D eigenvalue weighted by Gasteiger charge is -2.36. The van der Waals surface area contributed by atoms with Crippen molar-refractivity contribution in [2.75, 3.05) is 42.9 Å². The Balaban J connectivity index is 2.37. The average Bonchev–Trinajstić information content (AvgIpc) is 2.39. The second-order valence-electron chi connectivity index (χ2n) is 4.38. The van der Waals surface area contributed by atoms with Gasteiger partial charge in [0.05, 0.1) is 25.6 Å². The van der Waals surface area contributed by atoms with Gasteiger partial charge in [0.2, 0.25) is 0 Å². The first kappa shape index (κ1) is 13.2. The summed E-state index contributed by atoms with van der Waals surface area (Å²) in [7, 11) is 3.27. The standard InChI is InChI=1S/C13H20N2O2S/c1-9-8-18-5-4-15(9)11-7-13(17-3)12(16-2)6-10(11)14/h6-7,9H,4-5,8,14H2,1-3H3. The van der Waals surface area contributed by atoms with Crippen LogP contribution >= 0.6 is 11.8 Å². The number of hydrogen-bond donors (Lipinski definition) is 1. The van der Waals surface area contributed by atoms with E-state index in [1.54, 1.807) is 14.2 Å². The van der Waals surface area contributed by atoms with E-state index in [1.165, 1.54) is 0 Å². The predicted molar refractivity (Wildman–Crippen MR) is 78.1 cm³/mol. The molecular weight excluding hydrogens is 248 g/mol. The summed E-state index contributed by atoms with van der Waals surface area (Å²) in [5.41, 5.74) is 7.91. The van der Waals surface area contributed by atoms with Gasteiger partial charge in [0.15, 0.2) is 11.5 Å². The normalized spacial score (nSPS) is 19.7. The van der Waals surface area contributed by atoms with Crippen molar-refractivity contribution in [2.24, 2.45) is 0 Å². The Morgan fingerprint density at radius 1 is 1.28 bits per heavy atom. The van der Waals surface area contributed by atoms with Crippen LogP contribution < -0.4 is 20.1 Å². The van der Waals surface area contributed by atoms with Crippen LogP contribution in [0.25, 0.3) is 0 Å². The highest BCUT2D eigenvalue weighted by Crippen LogP contribution is 2.38. The maximum Gasteiger partial charge on any atom is 0.162 e. The fourth-order valence-electron chi connectivity index (χ4n) is 2.22. The highest BCUT2D eigenvalue weighted by atomic mass is 32.2. The van der Waals surface area contributed by atoms with Gasteiger partial charge < -0.3 is 20.1 Å². The van der Waals surface area contributed by atoms with Crippen LogP contribution in [-0.2, 0) is 0 Å². The molecule has 0 aliphatic carbocycles. The van der Waals surface area contributed by atoms with Crippen molar-refractivity contribution >= 4 is 23.1 Å². The lowest BCUT2D eigenvalue weighted by Crippen LogP contribution is -2.40. The van der Waals surface area contributed by atoms with Gasteiger partial charge in [-0.15, -0.1) is 0 Å². The summed E-state index contributed by atoms with van der Waals surface area (Å²) in [6.45, 7) is 3.24. The van der Waals surface area contributed by atoms with Crippen molar-refractivity contribution in [1.29, 1.82) is 0 Å². The molecule has 1 fully saturated rings. The number of methoxy groups -OCH3 is 2. The van der Waals surface area contributed by atoms with Gasteiger partial charge in [-0.2, -0.15) is 11.8 Å². The van der Waals surface area contributed by atoms with Crippen LogP contribution in [0.2, 0.25) is 0 Å². The Labute approximate surface area is 112 Å². The Hall–Kier alpha value is -1.23. The summed E-state index contributed by atoms with van der Waals surface area (Å²) in [5.74, 6) is 3.68. The van der Waals surface area contributed by atoms with Gasteiger partial charge in [0, 0.05) is 36.2 Å². The van der Waals surface area contributed by atoms with Gasteiger partial charge >= 0.3 is 0 Å². The van der Waals surface area contributed by atoms with Gasteiger partial charge in [0.1, 0.15) is 0 Å². The molecule has 1 aromatic carbocycles. The monoisotopic (exact) mass is 268 g/mol. The van der Waals surface area contributed by atoms with Crippen molar-refractivity contribution in [3.63, 3.8) is 0 Å². The molecule has 1 heterocycles. The zero-order valence-corrected chi connectivity index (χ0v) is 11.9. The molecule has 5 heteroatoms.